The monoisotopic (exact) mass is 667 g/mol. The molecule has 0 fully saturated rings. The molecule has 0 aliphatic rings. The fourth-order valence-electron chi connectivity index (χ4n) is 7.35. The van der Waals surface area contributed by atoms with Crippen molar-refractivity contribution in [2.45, 2.75) is 0 Å². The summed E-state index contributed by atoms with van der Waals surface area (Å²) in [4.78, 5) is 15.1. The lowest BCUT2D eigenvalue weighted by Gasteiger charge is -2.13. The van der Waals surface area contributed by atoms with Gasteiger partial charge in [-0.2, -0.15) is 0 Å². The molecule has 51 heavy (non-hydrogen) atoms. The summed E-state index contributed by atoms with van der Waals surface area (Å²) in [5.41, 5.74) is 7.59. The molecular weight excluding hydrogens is 639 g/mol. The summed E-state index contributed by atoms with van der Waals surface area (Å²) in [7, 11) is 0. The number of hydrogen-bond acceptors (Lipinski definition) is 4. The molecule has 10 rings (SSSR count). The molecule has 0 saturated carbocycles. The fraction of sp³-hybridized carbons (Fsp3) is 0. The second kappa shape index (κ2) is 12.1. The first-order valence-electron chi connectivity index (χ1n) is 17.1. The smallest absolute Gasteiger partial charge is 0.164 e. The largest absolute Gasteiger partial charge is 0.208 e. The van der Waals surface area contributed by atoms with E-state index in [0.717, 1.165) is 27.8 Å². The summed E-state index contributed by atoms with van der Waals surface area (Å²) >= 11 is 1.84. The van der Waals surface area contributed by atoms with E-state index in [1.165, 1.54) is 52.8 Å². The number of hydrogen-bond donors (Lipinski definition) is 0. The number of benzene rings is 8. The Balaban J connectivity index is 1.19. The molecule has 0 radical (unpaired) electrons. The summed E-state index contributed by atoms with van der Waals surface area (Å²) in [6.07, 6.45) is 0. The van der Waals surface area contributed by atoms with Crippen molar-refractivity contribution >= 4 is 53.1 Å². The molecule has 0 amide bonds. The maximum atomic E-state index is 5.10. The first-order valence-corrected chi connectivity index (χ1v) is 17.9. The Morgan fingerprint density at radius 1 is 0.314 bits per heavy atom. The Morgan fingerprint density at radius 2 is 0.902 bits per heavy atom. The van der Waals surface area contributed by atoms with Gasteiger partial charge in [0.05, 0.1) is 0 Å². The van der Waals surface area contributed by atoms with E-state index in [4.69, 9.17) is 15.0 Å². The van der Waals surface area contributed by atoms with E-state index in [1.54, 1.807) is 0 Å². The van der Waals surface area contributed by atoms with Gasteiger partial charge in [0, 0.05) is 36.9 Å². The molecule has 0 spiro atoms. The predicted octanol–water partition coefficient (Wildman–Crippen LogP) is 12.9. The Bertz CT molecular complexity index is 2860. The van der Waals surface area contributed by atoms with Crippen molar-refractivity contribution in [1.82, 2.24) is 15.0 Å². The number of rotatable bonds is 5. The maximum Gasteiger partial charge on any atom is 0.164 e. The van der Waals surface area contributed by atoms with Crippen molar-refractivity contribution in [2.75, 3.05) is 0 Å². The average molecular weight is 668 g/mol. The molecule has 238 valence electrons. The third-order valence-electron chi connectivity index (χ3n) is 9.73. The molecule has 4 heteroatoms. The third-order valence-corrected chi connectivity index (χ3v) is 10.9. The van der Waals surface area contributed by atoms with Crippen LogP contribution in [-0.4, -0.2) is 15.0 Å². The van der Waals surface area contributed by atoms with Crippen LogP contribution in [0, 0.1) is 0 Å². The minimum absolute atomic E-state index is 0.651. The average Bonchev–Trinajstić information content (AvgIpc) is 3.59. The predicted molar refractivity (Wildman–Crippen MR) is 215 cm³/mol. The van der Waals surface area contributed by atoms with Crippen molar-refractivity contribution in [1.29, 1.82) is 0 Å². The summed E-state index contributed by atoms with van der Waals surface area (Å²) in [6.45, 7) is 0. The highest BCUT2D eigenvalue weighted by Gasteiger charge is 2.19. The summed E-state index contributed by atoms with van der Waals surface area (Å²) < 4.78 is 2.52. The van der Waals surface area contributed by atoms with Crippen LogP contribution in [0.25, 0.3) is 98.1 Å². The van der Waals surface area contributed by atoms with Gasteiger partial charge in [-0.15, -0.1) is 11.3 Å². The summed E-state index contributed by atoms with van der Waals surface area (Å²) in [5.74, 6) is 1.96. The Hall–Kier alpha value is -6.49. The van der Waals surface area contributed by atoms with Crippen molar-refractivity contribution < 1.29 is 0 Å². The van der Waals surface area contributed by atoms with Crippen LogP contribution >= 0.6 is 11.3 Å². The quantitative estimate of drug-likeness (QED) is 0.171. The lowest BCUT2D eigenvalue weighted by Crippen LogP contribution is -2.01. The van der Waals surface area contributed by atoms with Crippen LogP contribution in [0.2, 0.25) is 0 Å². The summed E-state index contributed by atoms with van der Waals surface area (Å²) in [6, 6.07) is 62.2. The van der Waals surface area contributed by atoms with E-state index >= 15 is 0 Å². The van der Waals surface area contributed by atoms with E-state index in [-0.39, 0.29) is 0 Å². The second-order valence-electron chi connectivity index (χ2n) is 12.8. The second-order valence-corrected chi connectivity index (χ2v) is 13.9. The van der Waals surface area contributed by atoms with Gasteiger partial charge in [0.25, 0.3) is 0 Å². The number of thiophene rings is 1. The molecule has 0 unspecified atom stereocenters. The highest BCUT2D eigenvalue weighted by molar-refractivity contribution is 7.26. The zero-order chi connectivity index (χ0) is 33.7. The topological polar surface area (TPSA) is 38.7 Å². The van der Waals surface area contributed by atoms with Crippen LogP contribution in [0.15, 0.2) is 176 Å². The van der Waals surface area contributed by atoms with Crippen LogP contribution in [0.5, 0.6) is 0 Å². The zero-order valence-electron chi connectivity index (χ0n) is 27.5. The van der Waals surface area contributed by atoms with Gasteiger partial charge in [0.2, 0.25) is 0 Å². The van der Waals surface area contributed by atoms with Gasteiger partial charge in [-0.3, -0.25) is 0 Å². The summed E-state index contributed by atoms with van der Waals surface area (Å²) in [5, 5.41) is 7.56. The van der Waals surface area contributed by atoms with Gasteiger partial charge >= 0.3 is 0 Å². The van der Waals surface area contributed by atoms with Crippen LogP contribution in [0.1, 0.15) is 0 Å². The van der Waals surface area contributed by atoms with Crippen molar-refractivity contribution in [3.8, 4) is 56.4 Å². The van der Waals surface area contributed by atoms with Gasteiger partial charge < -0.3 is 0 Å². The van der Waals surface area contributed by atoms with Crippen LogP contribution in [-0.2, 0) is 0 Å². The third kappa shape index (κ3) is 5.08. The number of nitrogens with zero attached hydrogens (tertiary/aromatic N) is 3. The van der Waals surface area contributed by atoms with Crippen LogP contribution in [0.4, 0.5) is 0 Å². The van der Waals surface area contributed by atoms with Gasteiger partial charge in [-0.25, -0.2) is 15.0 Å². The van der Waals surface area contributed by atoms with E-state index in [1.807, 2.05) is 72.0 Å². The Morgan fingerprint density at radius 3 is 1.65 bits per heavy atom. The minimum Gasteiger partial charge on any atom is -0.208 e. The van der Waals surface area contributed by atoms with Gasteiger partial charge in [-0.05, 0) is 68.1 Å². The molecule has 0 aliphatic heterocycles. The lowest BCUT2D eigenvalue weighted by molar-refractivity contribution is 1.07. The molecular formula is C47H29N3S. The molecule has 0 aliphatic carbocycles. The molecule has 0 bridgehead atoms. The molecule has 8 aromatic carbocycles. The van der Waals surface area contributed by atoms with Crippen LogP contribution in [0.3, 0.4) is 0 Å². The molecule has 0 saturated heterocycles. The van der Waals surface area contributed by atoms with E-state index < -0.39 is 0 Å². The van der Waals surface area contributed by atoms with Crippen molar-refractivity contribution in [3.05, 3.63) is 176 Å². The van der Waals surface area contributed by atoms with Crippen molar-refractivity contribution in [3.63, 3.8) is 0 Å². The van der Waals surface area contributed by atoms with Gasteiger partial charge in [0.1, 0.15) is 0 Å². The highest BCUT2D eigenvalue weighted by Crippen LogP contribution is 2.45. The zero-order valence-corrected chi connectivity index (χ0v) is 28.3. The van der Waals surface area contributed by atoms with Gasteiger partial charge in [0.15, 0.2) is 17.5 Å². The first-order chi connectivity index (χ1) is 25.3. The minimum atomic E-state index is 0.651. The van der Waals surface area contributed by atoms with E-state index in [2.05, 4.69) is 115 Å². The van der Waals surface area contributed by atoms with Crippen molar-refractivity contribution in [2.24, 2.45) is 0 Å². The molecule has 2 heterocycles. The number of aromatic nitrogens is 3. The molecule has 0 N–H and O–H groups in total. The Kier molecular flexibility index (Phi) is 7.00. The van der Waals surface area contributed by atoms with E-state index in [0.29, 0.717) is 17.5 Å². The molecule has 3 nitrogen and oxygen atoms in total. The standard InChI is InChI=1S/C47H29N3S/c1-3-14-30(15-4-1)45-48-46(31-16-5-2-6-17-31)50-47(49-45)39-23-12-11-22-37(39)38-24-13-25-43-44(38)41-29-33(26-27-42(41)51-43)40-28-32-18-7-8-19-34(32)35-20-9-10-21-36(35)40/h1-29H. The lowest BCUT2D eigenvalue weighted by atomic mass is 9.91. The molecule has 0 atom stereocenters. The van der Waals surface area contributed by atoms with Gasteiger partial charge in [-0.1, -0.05) is 152 Å². The molecule has 2 aromatic heterocycles. The Labute approximate surface area is 299 Å². The SMILES string of the molecule is c1ccc(-c2nc(-c3ccccc3)nc(-c3ccccc3-c3cccc4sc5ccc(-c6cc7ccccc7c7ccccc67)cc5c34)n2)cc1. The molecule has 10 aromatic rings. The maximum absolute atomic E-state index is 5.10. The number of fused-ring (bicyclic) bond motifs is 6. The van der Waals surface area contributed by atoms with E-state index in [9.17, 15) is 0 Å². The fourth-order valence-corrected chi connectivity index (χ4v) is 8.47. The highest BCUT2D eigenvalue weighted by atomic mass is 32.1. The van der Waals surface area contributed by atoms with Crippen LogP contribution < -0.4 is 0 Å². The first kappa shape index (κ1) is 29.4. The normalized spacial score (nSPS) is 11.5.